The van der Waals surface area contributed by atoms with Crippen molar-refractivity contribution < 1.29 is 19.0 Å². The predicted octanol–water partition coefficient (Wildman–Crippen LogP) is 2.17. The molecular formula is C17H23N3O4. The van der Waals surface area contributed by atoms with E-state index in [9.17, 15) is 4.79 Å². The van der Waals surface area contributed by atoms with Crippen molar-refractivity contribution in [3.05, 3.63) is 35.2 Å². The van der Waals surface area contributed by atoms with Gasteiger partial charge in [-0.25, -0.2) is 0 Å². The zero-order valence-electron chi connectivity index (χ0n) is 14.7. The first-order chi connectivity index (χ1) is 11.6. The number of nitrogens with zero attached hydrogens (tertiary/aromatic N) is 2. The van der Waals surface area contributed by atoms with Crippen LogP contribution < -0.4 is 19.5 Å². The Kier molecular flexibility index (Phi) is 5.68. The minimum Gasteiger partial charge on any atom is -0.493 e. The SMILES string of the molecule is CCn1ncc(CNC(=O)c2ccc(OC)c(OC)c2OC)c1C. The molecule has 0 aliphatic carbocycles. The molecule has 0 aliphatic rings. The lowest BCUT2D eigenvalue weighted by Crippen LogP contribution is -2.23. The highest BCUT2D eigenvalue weighted by Gasteiger charge is 2.20. The average molecular weight is 333 g/mol. The van der Waals surface area contributed by atoms with E-state index in [1.807, 2.05) is 18.5 Å². The number of amides is 1. The van der Waals surface area contributed by atoms with Crippen LogP contribution in [0, 0.1) is 6.92 Å². The summed E-state index contributed by atoms with van der Waals surface area (Å²) < 4.78 is 17.8. The van der Waals surface area contributed by atoms with Gasteiger partial charge in [0.2, 0.25) is 5.75 Å². The van der Waals surface area contributed by atoms with Crippen LogP contribution in [0.5, 0.6) is 17.2 Å². The first-order valence-electron chi connectivity index (χ1n) is 7.65. The molecule has 1 amide bonds. The third kappa shape index (κ3) is 3.29. The van der Waals surface area contributed by atoms with Crippen LogP contribution in [0.1, 0.15) is 28.5 Å². The Morgan fingerprint density at radius 3 is 2.42 bits per heavy atom. The van der Waals surface area contributed by atoms with Crippen molar-refractivity contribution in [1.29, 1.82) is 0 Å². The second-order valence-electron chi connectivity index (χ2n) is 5.14. The maximum Gasteiger partial charge on any atom is 0.255 e. The number of rotatable bonds is 7. The number of aryl methyl sites for hydroxylation is 1. The van der Waals surface area contributed by atoms with Gasteiger partial charge in [-0.3, -0.25) is 9.48 Å². The Bertz CT molecular complexity index is 725. The Morgan fingerprint density at radius 1 is 1.17 bits per heavy atom. The standard InChI is InChI=1S/C17H23N3O4/c1-6-20-11(2)12(10-19-20)9-18-17(21)13-7-8-14(22-3)16(24-5)15(13)23-4/h7-8,10H,6,9H2,1-5H3,(H,18,21). The molecule has 0 atom stereocenters. The molecule has 130 valence electrons. The monoisotopic (exact) mass is 333 g/mol. The van der Waals surface area contributed by atoms with Crippen LogP contribution in [-0.2, 0) is 13.1 Å². The van der Waals surface area contributed by atoms with E-state index >= 15 is 0 Å². The molecule has 1 aromatic carbocycles. The van der Waals surface area contributed by atoms with Gasteiger partial charge < -0.3 is 19.5 Å². The number of carbonyl (C=O) groups is 1. The highest BCUT2D eigenvalue weighted by Crippen LogP contribution is 2.39. The Morgan fingerprint density at radius 2 is 1.88 bits per heavy atom. The van der Waals surface area contributed by atoms with Gasteiger partial charge in [-0.2, -0.15) is 5.10 Å². The van der Waals surface area contributed by atoms with Crippen molar-refractivity contribution in [3.63, 3.8) is 0 Å². The van der Waals surface area contributed by atoms with Gasteiger partial charge in [0.1, 0.15) is 0 Å². The number of hydrogen-bond acceptors (Lipinski definition) is 5. The van der Waals surface area contributed by atoms with Gasteiger partial charge in [-0.1, -0.05) is 0 Å². The van der Waals surface area contributed by atoms with Crippen molar-refractivity contribution in [3.8, 4) is 17.2 Å². The summed E-state index contributed by atoms with van der Waals surface area (Å²) >= 11 is 0. The molecule has 7 nitrogen and oxygen atoms in total. The van der Waals surface area contributed by atoms with E-state index in [1.54, 1.807) is 18.3 Å². The van der Waals surface area contributed by atoms with Crippen molar-refractivity contribution in [2.24, 2.45) is 0 Å². The Hall–Kier alpha value is -2.70. The van der Waals surface area contributed by atoms with Crippen LogP contribution in [0.3, 0.4) is 0 Å². The number of aromatic nitrogens is 2. The molecule has 2 aromatic rings. The van der Waals surface area contributed by atoms with Crippen LogP contribution in [0.15, 0.2) is 18.3 Å². The van der Waals surface area contributed by atoms with Gasteiger partial charge in [0.05, 0.1) is 33.1 Å². The number of benzene rings is 1. The fourth-order valence-electron chi connectivity index (χ4n) is 2.53. The molecule has 0 fully saturated rings. The number of methoxy groups -OCH3 is 3. The van der Waals surface area contributed by atoms with E-state index in [2.05, 4.69) is 10.4 Å². The third-order valence-electron chi connectivity index (χ3n) is 3.89. The normalized spacial score (nSPS) is 10.4. The number of ether oxygens (including phenoxy) is 3. The van der Waals surface area contributed by atoms with E-state index in [4.69, 9.17) is 14.2 Å². The van der Waals surface area contributed by atoms with Crippen molar-refractivity contribution in [2.75, 3.05) is 21.3 Å². The van der Waals surface area contributed by atoms with Gasteiger partial charge >= 0.3 is 0 Å². The molecule has 7 heteroatoms. The minimum atomic E-state index is -0.253. The summed E-state index contributed by atoms with van der Waals surface area (Å²) in [4.78, 5) is 12.5. The number of carbonyl (C=O) groups excluding carboxylic acids is 1. The molecule has 0 saturated heterocycles. The summed E-state index contributed by atoms with van der Waals surface area (Å²) in [6, 6.07) is 3.33. The summed E-state index contributed by atoms with van der Waals surface area (Å²) in [5, 5.41) is 7.16. The summed E-state index contributed by atoms with van der Waals surface area (Å²) in [5.74, 6) is 0.986. The van der Waals surface area contributed by atoms with Gasteiger partial charge in [0.15, 0.2) is 11.5 Å². The van der Waals surface area contributed by atoms with Crippen LogP contribution >= 0.6 is 0 Å². The predicted molar refractivity (Wildman–Crippen MR) is 89.9 cm³/mol. The lowest BCUT2D eigenvalue weighted by atomic mass is 10.1. The van der Waals surface area contributed by atoms with E-state index < -0.39 is 0 Å². The fourth-order valence-corrected chi connectivity index (χ4v) is 2.53. The summed E-state index contributed by atoms with van der Waals surface area (Å²) in [5.41, 5.74) is 2.40. The zero-order valence-corrected chi connectivity index (χ0v) is 14.7. The second-order valence-corrected chi connectivity index (χ2v) is 5.14. The Balaban J connectivity index is 2.21. The van der Waals surface area contributed by atoms with E-state index in [1.165, 1.54) is 21.3 Å². The highest BCUT2D eigenvalue weighted by atomic mass is 16.5. The first kappa shape index (κ1) is 17.7. The van der Waals surface area contributed by atoms with E-state index in [0.29, 0.717) is 29.4 Å². The number of nitrogens with one attached hydrogen (secondary N) is 1. The molecule has 0 aliphatic heterocycles. The maximum absolute atomic E-state index is 12.5. The third-order valence-corrected chi connectivity index (χ3v) is 3.89. The molecule has 0 saturated carbocycles. The average Bonchev–Trinajstić information content (AvgIpc) is 2.97. The van der Waals surface area contributed by atoms with Crippen LogP contribution in [-0.4, -0.2) is 37.0 Å². The van der Waals surface area contributed by atoms with Gasteiger partial charge in [0, 0.05) is 24.3 Å². The van der Waals surface area contributed by atoms with Crippen molar-refractivity contribution >= 4 is 5.91 Å². The molecule has 1 heterocycles. The molecule has 0 bridgehead atoms. The molecule has 0 unspecified atom stereocenters. The molecule has 0 spiro atoms. The quantitative estimate of drug-likeness (QED) is 0.840. The molecular weight excluding hydrogens is 310 g/mol. The second kappa shape index (κ2) is 7.72. The molecule has 1 N–H and O–H groups in total. The van der Waals surface area contributed by atoms with Crippen molar-refractivity contribution in [2.45, 2.75) is 26.9 Å². The maximum atomic E-state index is 12.5. The molecule has 2 rings (SSSR count). The molecule has 24 heavy (non-hydrogen) atoms. The number of hydrogen-bond donors (Lipinski definition) is 1. The van der Waals surface area contributed by atoms with Gasteiger partial charge in [-0.05, 0) is 26.0 Å². The van der Waals surface area contributed by atoms with Crippen LogP contribution in [0.2, 0.25) is 0 Å². The lowest BCUT2D eigenvalue weighted by molar-refractivity contribution is 0.0947. The van der Waals surface area contributed by atoms with Gasteiger partial charge in [0.25, 0.3) is 5.91 Å². The summed E-state index contributed by atoms with van der Waals surface area (Å²) in [6.07, 6.45) is 1.77. The highest BCUT2D eigenvalue weighted by molar-refractivity contribution is 5.98. The smallest absolute Gasteiger partial charge is 0.255 e. The Labute approximate surface area is 141 Å². The lowest BCUT2D eigenvalue weighted by Gasteiger charge is -2.15. The largest absolute Gasteiger partial charge is 0.493 e. The molecule has 0 radical (unpaired) electrons. The zero-order chi connectivity index (χ0) is 17.7. The van der Waals surface area contributed by atoms with E-state index in [-0.39, 0.29) is 5.91 Å². The van der Waals surface area contributed by atoms with Crippen molar-refractivity contribution in [1.82, 2.24) is 15.1 Å². The minimum absolute atomic E-state index is 0.253. The van der Waals surface area contributed by atoms with Crippen LogP contribution in [0.25, 0.3) is 0 Å². The van der Waals surface area contributed by atoms with E-state index in [0.717, 1.165) is 17.8 Å². The fraction of sp³-hybridized carbons (Fsp3) is 0.412. The van der Waals surface area contributed by atoms with Crippen LogP contribution in [0.4, 0.5) is 0 Å². The topological polar surface area (TPSA) is 74.6 Å². The molecule has 1 aromatic heterocycles. The first-order valence-corrected chi connectivity index (χ1v) is 7.65. The summed E-state index contributed by atoms with van der Waals surface area (Å²) in [6.45, 7) is 5.19. The summed E-state index contributed by atoms with van der Waals surface area (Å²) in [7, 11) is 4.53. The van der Waals surface area contributed by atoms with Gasteiger partial charge in [-0.15, -0.1) is 0 Å².